The molecule has 1 aromatic heterocycles. The second-order valence-electron chi connectivity index (χ2n) is 5.47. The molecular weight excluding hydrogens is 330 g/mol. The molecule has 7 nitrogen and oxygen atoms in total. The number of methoxy groups -OCH3 is 1. The predicted molar refractivity (Wildman–Crippen MR) is 104 cm³/mol. The van der Waals surface area contributed by atoms with Crippen molar-refractivity contribution in [2.45, 2.75) is 13.3 Å². The van der Waals surface area contributed by atoms with E-state index in [1.807, 2.05) is 31.2 Å². The summed E-state index contributed by atoms with van der Waals surface area (Å²) in [4.78, 5) is 20.3. The molecule has 0 spiro atoms. The Labute approximate surface area is 153 Å². The minimum atomic E-state index is -0.195. The van der Waals surface area contributed by atoms with Crippen molar-refractivity contribution in [2.24, 2.45) is 4.99 Å². The van der Waals surface area contributed by atoms with E-state index >= 15 is 0 Å². The molecule has 0 aliphatic rings. The molecule has 1 aromatic carbocycles. The van der Waals surface area contributed by atoms with Crippen LogP contribution in [0, 0.1) is 0 Å². The fourth-order valence-corrected chi connectivity index (χ4v) is 2.35. The number of nitrogens with one attached hydrogen (secondary N) is 3. The zero-order valence-electron chi connectivity index (χ0n) is 15.2. The zero-order valence-corrected chi connectivity index (χ0v) is 15.2. The monoisotopic (exact) mass is 355 g/mol. The Hall–Kier alpha value is -3.09. The lowest BCUT2D eigenvalue weighted by Crippen LogP contribution is -2.39. The van der Waals surface area contributed by atoms with Gasteiger partial charge in [-0.3, -0.25) is 9.78 Å². The van der Waals surface area contributed by atoms with Crippen molar-refractivity contribution in [1.29, 1.82) is 0 Å². The van der Waals surface area contributed by atoms with Gasteiger partial charge in [0.05, 0.1) is 19.0 Å². The molecular formula is C19H25N5O2. The molecule has 0 atom stereocenters. The van der Waals surface area contributed by atoms with Gasteiger partial charge in [0.2, 0.25) is 5.91 Å². The van der Waals surface area contributed by atoms with E-state index in [0.29, 0.717) is 24.7 Å². The number of carbonyl (C=O) groups is 1. The quantitative estimate of drug-likeness (QED) is 0.497. The molecule has 0 bridgehead atoms. The van der Waals surface area contributed by atoms with E-state index in [9.17, 15) is 4.79 Å². The molecule has 0 aliphatic heterocycles. The van der Waals surface area contributed by atoms with E-state index in [1.54, 1.807) is 31.6 Å². The van der Waals surface area contributed by atoms with Gasteiger partial charge in [0.1, 0.15) is 12.3 Å². The fourth-order valence-electron chi connectivity index (χ4n) is 2.35. The molecule has 1 amide bonds. The van der Waals surface area contributed by atoms with Gasteiger partial charge in [-0.2, -0.15) is 0 Å². The Morgan fingerprint density at radius 2 is 2.04 bits per heavy atom. The van der Waals surface area contributed by atoms with Gasteiger partial charge in [-0.1, -0.05) is 18.2 Å². The minimum Gasteiger partial charge on any atom is -0.496 e. The highest BCUT2D eigenvalue weighted by molar-refractivity contribution is 5.93. The van der Waals surface area contributed by atoms with Gasteiger partial charge in [0.15, 0.2) is 5.96 Å². The predicted octanol–water partition coefficient (Wildman–Crippen LogP) is 1.83. The molecule has 3 N–H and O–H groups in total. The van der Waals surface area contributed by atoms with Crippen LogP contribution in [0.25, 0.3) is 0 Å². The number of ether oxygens (including phenoxy) is 1. The largest absolute Gasteiger partial charge is 0.496 e. The number of carbonyl (C=O) groups excluding carboxylic acids is 1. The van der Waals surface area contributed by atoms with Crippen LogP contribution in [0.5, 0.6) is 5.75 Å². The first-order valence-electron chi connectivity index (χ1n) is 8.57. The van der Waals surface area contributed by atoms with Crippen molar-refractivity contribution in [2.75, 3.05) is 32.1 Å². The normalized spacial score (nSPS) is 10.9. The molecule has 138 valence electrons. The summed E-state index contributed by atoms with van der Waals surface area (Å²) in [5.41, 5.74) is 1.77. The maximum absolute atomic E-state index is 12.0. The lowest BCUT2D eigenvalue weighted by Gasteiger charge is -2.12. The van der Waals surface area contributed by atoms with Gasteiger partial charge >= 0.3 is 0 Å². The first-order chi connectivity index (χ1) is 12.7. The second-order valence-corrected chi connectivity index (χ2v) is 5.47. The number of rotatable bonds is 8. The van der Waals surface area contributed by atoms with Crippen molar-refractivity contribution in [1.82, 2.24) is 15.6 Å². The van der Waals surface area contributed by atoms with Crippen LogP contribution in [0.1, 0.15) is 12.5 Å². The third kappa shape index (κ3) is 6.43. The second kappa shape index (κ2) is 10.7. The Bertz CT molecular complexity index is 719. The maximum Gasteiger partial charge on any atom is 0.246 e. The van der Waals surface area contributed by atoms with Crippen LogP contribution in [0.2, 0.25) is 0 Å². The highest BCUT2D eigenvalue weighted by Gasteiger charge is 2.05. The summed E-state index contributed by atoms with van der Waals surface area (Å²) in [5, 5.41) is 9.12. The Kier molecular flexibility index (Phi) is 7.92. The van der Waals surface area contributed by atoms with E-state index in [4.69, 9.17) is 4.74 Å². The van der Waals surface area contributed by atoms with Crippen LogP contribution in [0.3, 0.4) is 0 Å². The van der Waals surface area contributed by atoms with E-state index in [-0.39, 0.29) is 12.5 Å². The zero-order chi connectivity index (χ0) is 18.6. The lowest BCUT2D eigenvalue weighted by atomic mass is 10.1. The molecule has 0 unspecified atom stereocenters. The average Bonchev–Trinajstić information content (AvgIpc) is 2.67. The molecule has 2 aromatic rings. The number of anilines is 1. The van der Waals surface area contributed by atoms with Crippen molar-refractivity contribution >= 4 is 17.6 Å². The van der Waals surface area contributed by atoms with Gasteiger partial charge in [-0.25, -0.2) is 4.99 Å². The molecule has 26 heavy (non-hydrogen) atoms. The number of guanidine groups is 1. The number of amides is 1. The van der Waals surface area contributed by atoms with Gasteiger partial charge in [0, 0.05) is 19.3 Å². The van der Waals surface area contributed by atoms with Gasteiger partial charge in [-0.15, -0.1) is 0 Å². The minimum absolute atomic E-state index is 0.0267. The standard InChI is InChI=1S/C19H25N5O2/c1-3-21-19(22-12-10-15-7-4-5-9-17(15)26-2)23-14-18(25)24-16-8-6-11-20-13-16/h4-9,11,13H,3,10,12,14H2,1-2H3,(H,24,25)(H2,21,22,23). The molecule has 0 fully saturated rings. The maximum atomic E-state index is 12.0. The summed E-state index contributed by atoms with van der Waals surface area (Å²) in [7, 11) is 1.67. The number of hydrogen-bond donors (Lipinski definition) is 3. The first-order valence-corrected chi connectivity index (χ1v) is 8.57. The summed E-state index contributed by atoms with van der Waals surface area (Å²) in [6, 6.07) is 11.5. The number of pyridine rings is 1. The highest BCUT2D eigenvalue weighted by atomic mass is 16.5. The number of para-hydroxylation sites is 1. The number of nitrogens with zero attached hydrogens (tertiary/aromatic N) is 2. The summed E-state index contributed by atoms with van der Waals surface area (Å²) >= 11 is 0. The Balaban J connectivity index is 1.85. The van der Waals surface area contributed by atoms with Gasteiger partial charge in [-0.05, 0) is 37.1 Å². The van der Waals surface area contributed by atoms with Gasteiger partial charge < -0.3 is 20.7 Å². The highest BCUT2D eigenvalue weighted by Crippen LogP contribution is 2.17. The molecule has 2 rings (SSSR count). The van der Waals surface area contributed by atoms with E-state index in [2.05, 4.69) is 25.9 Å². The lowest BCUT2D eigenvalue weighted by molar-refractivity contribution is -0.114. The molecule has 7 heteroatoms. The van der Waals surface area contributed by atoms with Gasteiger partial charge in [0.25, 0.3) is 0 Å². The molecule has 1 heterocycles. The van der Waals surface area contributed by atoms with E-state index in [0.717, 1.165) is 17.7 Å². The fraction of sp³-hybridized carbons (Fsp3) is 0.316. The summed E-state index contributed by atoms with van der Waals surface area (Å²) < 4.78 is 5.35. The SMILES string of the molecule is CCNC(=NCC(=O)Nc1cccnc1)NCCc1ccccc1OC. The average molecular weight is 355 g/mol. The van der Waals surface area contributed by atoms with Crippen molar-refractivity contribution in [3.63, 3.8) is 0 Å². The number of aliphatic imine (C=N–C) groups is 1. The third-order valence-electron chi connectivity index (χ3n) is 3.55. The van der Waals surface area contributed by atoms with E-state index < -0.39 is 0 Å². The van der Waals surface area contributed by atoms with Crippen LogP contribution in [0.4, 0.5) is 5.69 Å². The van der Waals surface area contributed by atoms with Crippen molar-refractivity contribution < 1.29 is 9.53 Å². The number of hydrogen-bond acceptors (Lipinski definition) is 4. The van der Waals surface area contributed by atoms with Crippen LogP contribution in [-0.2, 0) is 11.2 Å². The molecule has 0 saturated heterocycles. The molecule has 0 radical (unpaired) electrons. The molecule has 0 aliphatic carbocycles. The third-order valence-corrected chi connectivity index (χ3v) is 3.55. The number of aromatic nitrogens is 1. The van der Waals surface area contributed by atoms with Crippen LogP contribution in [0.15, 0.2) is 53.8 Å². The van der Waals surface area contributed by atoms with Crippen molar-refractivity contribution in [3.05, 3.63) is 54.4 Å². The van der Waals surface area contributed by atoms with Crippen LogP contribution < -0.4 is 20.7 Å². The summed E-state index contributed by atoms with van der Waals surface area (Å²) in [5.74, 6) is 1.27. The number of benzene rings is 1. The Morgan fingerprint density at radius 1 is 1.19 bits per heavy atom. The van der Waals surface area contributed by atoms with Crippen molar-refractivity contribution in [3.8, 4) is 5.75 Å². The first kappa shape index (κ1) is 19.2. The van der Waals surface area contributed by atoms with Crippen LogP contribution in [-0.4, -0.2) is 43.6 Å². The van der Waals surface area contributed by atoms with Crippen LogP contribution >= 0.6 is 0 Å². The summed E-state index contributed by atoms with van der Waals surface area (Å²) in [6.07, 6.45) is 4.04. The van der Waals surface area contributed by atoms with E-state index in [1.165, 1.54) is 0 Å². The molecule has 0 saturated carbocycles. The smallest absolute Gasteiger partial charge is 0.246 e. The Morgan fingerprint density at radius 3 is 2.77 bits per heavy atom. The topological polar surface area (TPSA) is 87.6 Å². The summed E-state index contributed by atoms with van der Waals surface area (Å²) in [6.45, 7) is 3.40.